The van der Waals surface area contributed by atoms with E-state index in [1.54, 1.807) is 6.92 Å². The minimum Gasteiger partial charge on any atom is -0.481 e. The number of hydrogen-bond acceptors (Lipinski definition) is 3. The lowest BCUT2D eigenvalue weighted by atomic mass is 9.59. The van der Waals surface area contributed by atoms with Gasteiger partial charge in [0, 0.05) is 0 Å². The summed E-state index contributed by atoms with van der Waals surface area (Å²) in [5.74, 6) is -1.78. The van der Waals surface area contributed by atoms with Gasteiger partial charge in [0.05, 0.1) is 17.9 Å². The van der Waals surface area contributed by atoms with E-state index >= 15 is 0 Å². The maximum atomic E-state index is 12.6. The Morgan fingerprint density at radius 1 is 1.19 bits per heavy atom. The van der Waals surface area contributed by atoms with Crippen LogP contribution < -0.4 is 0 Å². The number of carbonyl (C=O) groups is 2. The molecule has 0 saturated heterocycles. The summed E-state index contributed by atoms with van der Waals surface area (Å²) in [5, 5.41) is 9.85. The van der Waals surface area contributed by atoms with Crippen LogP contribution in [-0.4, -0.2) is 23.7 Å². The van der Waals surface area contributed by atoms with Gasteiger partial charge in [0.15, 0.2) is 0 Å². The van der Waals surface area contributed by atoms with E-state index < -0.39 is 17.3 Å². The summed E-state index contributed by atoms with van der Waals surface area (Å²) >= 11 is 0. The molecule has 1 aliphatic rings. The highest BCUT2D eigenvalue weighted by molar-refractivity contribution is 5.85. The van der Waals surface area contributed by atoms with Gasteiger partial charge in [-0.15, -0.1) is 0 Å². The largest absolute Gasteiger partial charge is 0.481 e. The summed E-state index contributed by atoms with van der Waals surface area (Å²) in [7, 11) is 0. The van der Waals surface area contributed by atoms with Crippen molar-refractivity contribution in [1.29, 1.82) is 0 Å². The van der Waals surface area contributed by atoms with Crippen LogP contribution in [0.3, 0.4) is 0 Å². The molecular formula is C17H30O4. The quantitative estimate of drug-likeness (QED) is 0.724. The fourth-order valence-corrected chi connectivity index (χ4v) is 4.07. The van der Waals surface area contributed by atoms with Gasteiger partial charge < -0.3 is 9.84 Å². The smallest absolute Gasteiger partial charge is 0.313 e. The first kappa shape index (κ1) is 18.0. The number of rotatable bonds is 7. The van der Waals surface area contributed by atoms with Crippen LogP contribution >= 0.6 is 0 Å². The van der Waals surface area contributed by atoms with E-state index in [0.29, 0.717) is 13.0 Å². The molecule has 2 unspecified atom stereocenters. The number of carbonyl (C=O) groups excluding carboxylic acids is 1. The zero-order valence-corrected chi connectivity index (χ0v) is 13.9. The maximum Gasteiger partial charge on any atom is 0.313 e. The van der Waals surface area contributed by atoms with Crippen LogP contribution in [0.4, 0.5) is 0 Å². The Kier molecular flexibility index (Phi) is 6.69. The molecule has 4 heteroatoms. The second-order valence-electron chi connectivity index (χ2n) is 6.48. The van der Waals surface area contributed by atoms with Crippen molar-refractivity contribution in [3.05, 3.63) is 0 Å². The minimum absolute atomic E-state index is 0.0513. The molecule has 0 amide bonds. The standard InChI is InChI=1S/C17H30O4/c1-5-17(12(3)4,16(20)21-6-2)14(15(18)19)13-10-8-7-9-11-13/h12-14H,5-11H2,1-4H3,(H,18,19). The fourth-order valence-electron chi connectivity index (χ4n) is 4.07. The van der Waals surface area contributed by atoms with E-state index in [1.807, 2.05) is 20.8 Å². The Morgan fingerprint density at radius 2 is 1.76 bits per heavy atom. The second kappa shape index (κ2) is 7.81. The third-order valence-electron chi connectivity index (χ3n) is 5.21. The van der Waals surface area contributed by atoms with Gasteiger partial charge in [-0.1, -0.05) is 40.0 Å². The second-order valence-corrected chi connectivity index (χ2v) is 6.48. The molecule has 2 atom stereocenters. The lowest BCUT2D eigenvalue weighted by Gasteiger charge is -2.43. The zero-order chi connectivity index (χ0) is 16.0. The highest BCUT2D eigenvalue weighted by Gasteiger charge is 2.54. The van der Waals surface area contributed by atoms with E-state index in [0.717, 1.165) is 25.7 Å². The van der Waals surface area contributed by atoms with Crippen LogP contribution in [0.15, 0.2) is 0 Å². The molecule has 0 aromatic rings. The predicted octanol–water partition coefficient (Wildman–Crippen LogP) is 3.88. The van der Waals surface area contributed by atoms with Crippen molar-refractivity contribution in [3.63, 3.8) is 0 Å². The Balaban J connectivity index is 3.22. The van der Waals surface area contributed by atoms with Gasteiger partial charge in [-0.2, -0.15) is 0 Å². The molecule has 0 bridgehead atoms. The number of hydrogen-bond donors (Lipinski definition) is 1. The van der Waals surface area contributed by atoms with E-state index in [-0.39, 0.29) is 17.8 Å². The third-order valence-corrected chi connectivity index (χ3v) is 5.21. The van der Waals surface area contributed by atoms with E-state index in [9.17, 15) is 14.7 Å². The van der Waals surface area contributed by atoms with Gasteiger partial charge in [-0.3, -0.25) is 9.59 Å². The molecule has 0 aromatic heterocycles. The van der Waals surface area contributed by atoms with Gasteiger partial charge in [0.1, 0.15) is 0 Å². The van der Waals surface area contributed by atoms with Crippen LogP contribution in [0.2, 0.25) is 0 Å². The Morgan fingerprint density at radius 3 is 2.14 bits per heavy atom. The van der Waals surface area contributed by atoms with Gasteiger partial charge in [0.2, 0.25) is 0 Å². The van der Waals surface area contributed by atoms with Crippen LogP contribution in [0.5, 0.6) is 0 Å². The molecule has 21 heavy (non-hydrogen) atoms. The average molecular weight is 298 g/mol. The molecule has 0 aliphatic heterocycles. The third kappa shape index (κ3) is 3.58. The Labute approximate surface area is 128 Å². The summed E-state index contributed by atoms with van der Waals surface area (Å²) in [6, 6.07) is 0. The molecule has 0 radical (unpaired) electrons. The Bertz CT molecular complexity index is 358. The van der Waals surface area contributed by atoms with Gasteiger partial charge in [-0.05, 0) is 38.0 Å². The van der Waals surface area contributed by atoms with E-state index in [1.165, 1.54) is 6.42 Å². The summed E-state index contributed by atoms with van der Waals surface area (Å²) in [5.41, 5.74) is -0.913. The van der Waals surface area contributed by atoms with E-state index in [4.69, 9.17) is 4.74 Å². The van der Waals surface area contributed by atoms with Gasteiger partial charge >= 0.3 is 11.9 Å². The number of ether oxygens (including phenoxy) is 1. The summed E-state index contributed by atoms with van der Waals surface area (Å²) < 4.78 is 5.28. The number of carboxylic acid groups (broad SMARTS) is 1. The molecule has 122 valence electrons. The normalized spacial score (nSPS) is 20.8. The Hall–Kier alpha value is -1.06. The van der Waals surface area contributed by atoms with Crippen molar-refractivity contribution in [1.82, 2.24) is 0 Å². The van der Waals surface area contributed by atoms with Crippen molar-refractivity contribution in [2.45, 2.75) is 66.2 Å². The van der Waals surface area contributed by atoms with Crippen molar-refractivity contribution < 1.29 is 19.4 Å². The SMILES string of the molecule is CCOC(=O)C(CC)(C(C)C)C(C(=O)O)C1CCCCC1. The van der Waals surface area contributed by atoms with Gasteiger partial charge in [0.25, 0.3) is 0 Å². The fraction of sp³-hybridized carbons (Fsp3) is 0.882. The first-order chi connectivity index (χ1) is 9.91. The molecule has 1 aliphatic carbocycles. The molecule has 1 N–H and O–H groups in total. The molecule has 1 rings (SSSR count). The molecule has 0 spiro atoms. The molecule has 4 nitrogen and oxygen atoms in total. The van der Waals surface area contributed by atoms with Crippen LogP contribution in [0, 0.1) is 23.2 Å². The predicted molar refractivity (Wildman–Crippen MR) is 81.9 cm³/mol. The topological polar surface area (TPSA) is 63.6 Å². The summed E-state index contributed by atoms with van der Waals surface area (Å²) in [4.78, 5) is 24.7. The minimum atomic E-state index is -0.913. The highest BCUT2D eigenvalue weighted by Crippen LogP contribution is 2.48. The molecule has 0 aromatic carbocycles. The van der Waals surface area contributed by atoms with Crippen molar-refractivity contribution in [3.8, 4) is 0 Å². The molecular weight excluding hydrogens is 268 g/mol. The lowest BCUT2D eigenvalue weighted by molar-refractivity contribution is -0.176. The van der Waals surface area contributed by atoms with Crippen molar-refractivity contribution in [2.75, 3.05) is 6.61 Å². The lowest BCUT2D eigenvalue weighted by Crippen LogP contribution is -2.50. The van der Waals surface area contributed by atoms with E-state index in [2.05, 4.69) is 0 Å². The van der Waals surface area contributed by atoms with Crippen molar-refractivity contribution in [2.24, 2.45) is 23.2 Å². The van der Waals surface area contributed by atoms with Crippen LogP contribution in [-0.2, 0) is 14.3 Å². The molecule has 1 fully saturated rings. The summed E-state index contributed by atoms with van der Waals surface area (Å²) in [6.45, 7) is 7.87. The maximum absolute atomic E-state index is 12.6. The average Bonchev–Trinajstić information content (AvgIpc) is 2.44. The van der Waals surface area contributed by atoms with Gasteiger partial charge in [-0.25, -0.2) is 0 Å². The molecule has 1 saturated carbocycles. The number of carboxylic acids is 1. The van der Waals surface area contributed by atoms with Crippen LogP contribution in [0.25, 0.3) is 0 Å². The zero-order valence-electron chi connectivity index (χ0n) is 13.9. The number of aliphatic carboxylic acids is 1. The first-order valence-electron chi connectivity index (χ1n) is 8.31. The highest BCUT2D eigenvalue weighted by atomic mass is 16.5. The monoisotopic (exact) mass is 298 g/mol. The molecule has 0 heterocycles. The summed E-state index contributed by atoms with van der Waals surface area (Å²) in [6.07, 6.45) is 5.63. The van der Waals surface area contributed by atoms with Crippen molar-refractivity contribution >= 4 is 11.9 Å². The first-order valence-corrected chi connectivity index (χ1v) is 8.31. The number of esters is 1. The van der Waals surface area contributed by atoms with Crippen LogP contribution in [0.1, 0.15) is 66.2 Å².